The number of hydrogen-bond acceptors (Lipinski definition) is 2. The number of para-hydroxylation sites is 1. The van der Waals surface area contributed by atoms with Crippen LogP contribution in [0.3, 0.4) is 0 Å². The second kappa shape index (κ2) is 5.51. The first-order chi connectivity index (χ1) is 9.63. The highest BCUT2D eigenvalue weighted by atomic mass is 35.5. The number of ether oxygens (including phenoxy) is 1. The lowest BCUT2D eigenvalue weighted by Gasteiger charge is -2.14. The molecule has 0 spiro atoms. The molecule has 0 aromatic heterocycles. The molecule has 0 saturated heterocycles. The van der Waals surface area contributed by atoms with Crippen molar-refractivity contribution in [3.05, 3.63) is 57.8 Å². The second-order valence-corrected chi connectivity index (χ2v) is 5.52. The van der Waals surface area contributed by atoms with Crippen LogP contribution in [0.4, 0.5) is 10.1 Å². The number of hydrogen-bond donors (Lipinski definition) is 1. The van der Waals surface area contributed by atoms with Gasteiger partial charge in [-0.3, -0.25) is 0 Å². The predicted octanol–water partition coefficient (Wildman–Crippen LogP) is 4.55. The molecule has 1 aliphatic heterocycles. The van der Waals surface area contributed by atoms with Crippen molar-refractivity contribution in [2.75, 3.05) is 11.9 Å². The lowest BCUT2D eigenvalue weighted by molar-refractivity contribution is 0.246. The van der Waals surface area contributed by atoms with Gasteiger partial charge < -0.3 is 10.1 Å². The van der Waals surface area contributed by atoms with E-state index in [4.69, 9.17) is 27.9 Å². The van der Waals surface area contributed by atoms with Crippen molar-refractivity contribution in [2.24, 2.45) is 0 Å². The molecule has 2 aromatic rings. The highest BCUT2D eigenvalue weighted by Gasteiger charge is 2.23. The molecule has 1 aliphatic rings. The van der Waals surface area contributed by atoms with Gasteiger partial charge in [-0.25, -0.2) is 4.39 Å². The fourth-order valence-corrected chi connectivity index (χ4v) is 2.71. The highest BCUT2D eigenvalue weighted by molar-refractivity contribution is 6.33. The summed E-state index contributed by atoms with van der Waals surface area (Å²) >= 11 is 11.9. The van der Waals surface area contributed by atoms with E-state index in [1.54, 1.807) is 18.2 Å². The van der Waals surface area contributed by atoms with Crippen molar-refractivity contribution in [1.29, 1.82) is 0 Å². The maximum atomic E-state index is 13.6. The molecule has 0 saturated carbocycles. The number of halogens is 3. The minimum atomic E-state index is -0.365. The molecule has 1 unspecified atom stereocenters. The van der Waals surface area contributed by atoms with Crippen molar-refractivity contribution in [3.63, 3.8) is 0 Å². The van der Waals surface area contributed by atoms with E-state index in [0.29, 0.717) is 22.3 Å². The predicted molar refractivity (Wildman–Crippen MR) is 79.5 cm³/mol. The molecular weight excluding hydrogens is 300 g/mol. The molecule has 20 heavy (non-hydrogen) atoms. The van der Waals surface area contributed by atoms with E-state index in [1.807, 2.05) is 12.1 Å². The molecule has 2 aromatic carbocycles. The van der Waals surface area contributed by atoms with Gasteiger partial charge in [-0.2, -0.15) is 0 Å². The number of fused-ring (bicyclic) bond motifs is 1. The zero-order chi connectivity index (χ0) is 14.1. The molecule has 0 amide bonds. The molecule has 5 heteroatoms. The largest absolute Gasteiger partial charge is 0.488 e. The van der Waals surface area contributed by atoms with E-state index in [9.17, 15) is 4.39 Å². The average molecular weight is 312 g/mol. The number of benzene rings is 2. The molecule has 0 aliphatic carbocycles. The summed E-state index contributed by atoms with van der Waals surface area (Å²) in [5.74, 6) is 0.469. The van der Waals surface area contributed by atoms with Gasteiger partial charge in [0.15, 0.2) is 0 Å². The topological polar surface area (TPSA) is 21.3 Å². The van der Waals surface area contributed by atoms with Gasteiger partial charge in [-0.1, -0.05) is 29.3 Å². The summed E-state index contributed by atoms with van der Waals surface area (Å²) in [5.41, 5.74) is 1.38. The highest BCUT2D eigenvalue weighted by Crippen LogP contribution is 2.32. The van der Waals surface area contributed by atoms with Crippen LogP contribution in [0.25, 0.3) is 0 Å². The third kappa shape index (κ3) is 2.69. The summed E-state index contributed by atoms with van der Waals surface area (Å²) in [6, 6.07) is 10.1. The Bertz CT molecular complexity index is 628. The van der Waals surface area contributed by atoms with Gasteiger partial charge in [0.05, 0.1) is 17.3 Å². The molecule has 3 rings (SSSR count). The minimum absolute atomic E-state index is 0.0564. The van der Waals surface area contributed by atoms with Crippen LogP contribution < -0.4 is 10.1 Å². The molecule has 1 atom stereocenters. The SMILES string of the molecule is Fc1cccc(Cl)c1NCC1Cc2cc(Cl)ccc2O1. The van der Waals surface area contributed by atoms with Crippen LogP contribution >= 0.6 is 23.2 Å². The number of anilines is 1. The van der Waals surface area contributed by atoms with Gasteiger partial charge in [0.1, 0.15) is 17.7 Å². The van der Waals surface area contributed by atoms with Crippen molar-refractivity contribution < 1.29 is 9.13 Å². The fourth-order valence-electron chi connectivity index (χ4n) is 2.29. The first-order valence-corrected chi connectivity index (χ1v) is 7.02. The van der Waals surface area contributed by atoms with Gasteiger partial charge >= 0.3 is 0 Å². The summed E-state index contributed by atoms with van der Waals surface area (Å²) in [6.45, 7) is 0.479. The van der Waals surface area contributed by atoms with Gasteiger partial charge in [0.2, 0.25) is 0 Å². The first-order valence-electron chi connectivity index (χ1n) is 6.26. The number of nitrogens with one attached hydrogen (secondary N) is 1. The Kier molecular flexibility index (Phi) is 3.72. The molecule has 0 fully saturated rings. The summed E-state index contributed by atoms with van der Waals surface area (Å²) in [6.07, 6.45) is 0.689. The van der Waals surface area contributed by atoms with Crippen LogP contribution in [-0.2, 0) is 6.42 Å². The molecule has 1 N–H and O–H groups in total. The van der Waals surface area contributed by atoms with Crippen LogP contribution in [0.1, 0.15) is 5.56 Å². The van der Waals surface area contributed by atoms with Crippen LogP contribution in [0.2, 0.25) is 10.0 Å². The zero-order valence-electron chi connectivity index (χ0n) is 10.5. The van der Waals surface area contributed by atoms with Crippen molar-refractivity contribution in [2.45, 2.75) is 12.5 Å². The maximum absolute atomic E-state index is 13.6. The van der Waals surface area contributed by atoms with Crippen LogP contribution in [0.5, 0.6) is 5.75 Å². The lowest BCUT2D eigenvalue weighted by Crippen LogP contribution is -2.24. The Morgan fingerprint density at radius 3 is 2.90 bits per heavy atom. The maximum Gasteiger partial charge on any atom is 0.147 e. The average Bonchev–Trinajstić information content (AvgIpc) is 2.80. The Morgan fingerprint density at radius 1 is 1.25 bits per heavy atom. The summed E-state index contributed by atoms with van der Waals surface area (Å²) < 4.78 is 19.4. The van der Waals surface area contributed by atoms with Crippen molar-refractivity contribution >= 4 is 28.9 Å². The monoisotopic (exact) mass is 311 g/mol. The Hall–Kier alpha value is -1.45. The van der Waals surface area contributed by atoms with E-state index in [0.717, 1.165) is 17.7 Å². The molecule has 0 radical (unpaired) electrons. The third-order valence-corrected chi connectivity index (χ3v) is 3.78. The summed E-state index contributed by atoms with van der Waals surface area (Å²) in [4.78, 5) is 0. The fraction of sp³-hybridized carbons (Fsp3) is 0.200. The standard InChI is InChI=1S/C15H12Cl2FNO/c16-10-4-5-14-9(6-10)7-11(20-14)8-19-15-12(17)2-1-3-13(15)18/h1-6,11,19H,7-8H2. The zero-order valence-corrected chi connectivity index (χ0v) is 12.0. The van der Waals surface area contributed by atoms with Gasteiger partial charge in [0, 0.05) is 11.4 Å². The van der Waals surface area contributed by atoms with Crippen LogP contribution in [0, 0.1) is 5.82 Å². The van der Waals surface area contributed by atoms with Crippen molar-refractivity contribution in [3.8, 4) is 5.75 Å². The second-order valence-electron chi connectivity index (χ2n) is 4.67. The number of rotatable bonds is 3. The van der Waals surface area contributed by atoms with Gasteiger partial charge in [0.25, 0.3) is 0 Å². The Labute approximate surface area is 126 Å². The van der Waals surface area contributed by atoms with Gasteiger partial charge in [-0.05, 0) is 35.9 Å². The molecule has 2 nitrogen and oxygen atoms in total. The van der Waals surface area contributed by atoms with E-state index in [1.165, 1.54) is 6.07 Å². The van der Waals surface area contributed by atoms with E-state index < -0.39 is 0 Å². The minimum Gasteiger partial charge on any atom is -0.488 e. The first kappa shape index (κ1) is 13.5. The van der Waals surface area contributed by atoms with Crippen molar-refractivity contribution in [1.82, 2.24) is 0 Å². The van der Waals surface area contributed by atoms with E-state index in [2.05, 4.69) is 5.32 Å². The van der Waals surface area contributed by atoms with E-state index in [-0.39, 0.29) is 11.9 Å². The van der Waals surface area contributed by atoms with Crippen LogP contribution in [0.15, 0.2) is 36.4 Å². The van der Waals surface area contributed by atoms with E-state index >= 15 is 0 Å². The summed E-state index contributed by atoms with van der Waals surface area (Å²) in [7, 11) is 0. The van der Waals surface area contributed by atoms with Crippen LogP contribution in [-0.4, -0.2) is 12.6 Å². The quantitative estimate of drug-likeness (QED) is 0.898. The smallest absolute Gasteiger partial charge is 0.147 e. The normalized spacial score (nSPS) is 16.6. The van der Waals surface area contributed by atoms with Gasteiger partial charge in [-0.15, -0.1) is 0 Å². The molecule has 0 bridgehead atoms. The Balaban J connectivity index is 1.67. The molecule has 104 valence electrons. The Morgan fingerprint density at radius 2 is 2.10 bits per heavy atom. The molecular formula is C15H12Cl2FNO. The summed E-state index contributed by atoms with van der Waals surface area (Å²) in [5, 5.41) is 4.06. The lowest BCUT2D eigenvalue weighted by atomic mass is 10.1. The third-order valence-electron chi connectivity index (χ3n) is 3.23. The molecule has 1 heterocycles.